The molecule has 0 radical (unpaired) electrons. The highest BCUT2D eigenvalue weighted by molar-refractivity contribution is 5.89. The van der Waals surface area contributed by atoms with Crippen LogP contribution in [0.1, 0.15) is 23.5 Å². The number of hydrogen-bond donors (Lipinski definition) is 3. The summed E-state index contributed by atoms with van der Waals surface area (Å²) in [4.78, 5) is 37.0. The number of aliphatic hydroxyl groups is 1. The number of carboxylic acids is 1. The lowest BCUT2D eigenvalue weighted by molar-refractivity contribution is -0.149. The molecule has 1 saturated heterocycles. The van der Waals surface area contributed by atoms with Gasteiger partial charge in [0, 0.05) is 25.4 Å². The number of nitrogens with zero attached hydrogens (tertiary/aromatic N) is 1. The SMILES string of the molecule is O=C(NC[C@H]1[C@@H](C(=O)N2C[C@H](O)C[C@H]2C(=O)O)C1(F)F)OCC1c2ccccc2-c2ccccc21. The van der Waals surface area contributed by atoms with Crippen LogP contribution in [0.3, 0.4) is 0 Å². The standard InChI is InChI=1S/C25H24F2N2O6/c26-25(27)19(21(25)22(31)29-11-13(30)9-20(29)23(32)33)10-28-24(34)35-12-18-16-7-3-1-5-14(16)15-6-2-4-8-17(15)18/h1-8,13,18-21,30H,9-12H2,(H,28,34)(H,32,33)/t13-,19+,20+,21+/m1/s1. The number of rotatable bonds is 6. The van der Waals surface area contributed by atoms with E-state index in [4.69, 9.17) is 4.74 Å². The van der Waals surface area contributed by atoms with Gasteiger partial charge >= 0.3 is 12.1 Å². The molecule has 35 heavy (non-hydrogen) atoms. The second kappa shape index (κ2) is 8.60. The average Bonchev–Trinajstić information content (AvgIpc) is 3.11. The van der Waals surface area contributed by atoms with Crippen LogP contribution in [0.25, 0.3) is 11.1 Å². The molecule has 4 atom stereocenters. The topological polar surface area (TPSA) is 116 Å². The van der Waals surface area contributed by atoms with Gasteiger partial charge in [-0.05, 0) is 22.3 Å². The van der Waals surface area contributed by atoms with E-state index in [1.165, 1.54) is 0 Å². The van der Waals surface area contributed by atoms with Gasteiger partial charge in [0.25, 0.3) is 5.92 Å². The number of carbonyl (C=O) groups excluding carboxylic acids is 2. The molecule has 2 aliphatic carbocycles. The van der Waals surface area contributed by atoms with Gasteiger partial charge in [0.05, 0.1) is 12.0 Å². The van der Waals surface area contributed by atoms with Crippen molar-refractivity contribution in [3.63, 3.8) is 0 Å². The van der Waals surface area contributed by atoms with E-state index in [1.54, 1.807) is 0 Å². The predicted octanol–water partition coefficient (Wildman–Crippen LogP) is 2.45. The lowest BCUT2D eigenvalue weighted by Gasteiger charge is -2.21. The zero-order valence-corrected chi connectivity index (χ0v) is 18.6. The van der Waals surface area contributed by atoms with E-state index >= 15 is 0 Å². The Labute approximate surface area is 199 Å². The van der Waals surface area contributed by atoms with E-state index in [9.17, 15) is 33.4 Å². The lowest BCUT2D eigenvalue weighted by Crippen LogP contribution is -2.42. The highest BCUT2D eigenvalue weighted by Crippen LogP contribution is 2.56. The fourth-order valence-electron chi connectivity index (χ4n) is 5.29. The molecule has 2 aromatic carbocycles. The van der Waals surface area contributed by atoms with E-state index in [2.05, 4.69) is 5.32 Å². The second-order valence-corrected chi connectivity index (χ2v) is 9.20. The Hall–Kier alpha value is -3.53. The molecule has 2 aromatic rings. The number of halogens is 2. The second-order valence-electron chi connectivity index (χ2n) is 9.20. The van der Waals surface area contributed by atoms with Gasteiger partial charge in [0.15, 0.2) is 0 Å². The molecule has 3 N–H and O–H groups in total. The molecule has 0 bridgehead atoms. The number of carboxylic acid groups (broad SMARTS) is 1. The minimum atomic E-state index is -3.38. The molecule has 1 heterocycles. The van der Waals surface area contributed by atoms with Crippen LogP contribution in [0.5, 0.6) is 0 Å². The summed E-state index contributed by atoms with van der Waals surface area (Å²) in [7, 11) is 0. The van der Waals surface area contributed by atoms with Gasteiger partial charge in [-0.15, -0.1) is 0 Å². The van der Waals surface area contributed by atoms with Gasteiger partial charge in [0.2, 0.25) is 5.91 Å². The molecule has 5 rings (SSSR count). The summed E-state index contributed by atoms with van der Waals surface area (Å²) in [6.07, 6.45) is -2.16. The molecule has 1 saturated carbocycles. The number of amides is 2. The van der Waals surface area contributed by atoms with Crippen LogP contribution in [0.4, 0.5) is 13.6 Å². The molecular weight excluding hydrogens is 462 g/mol. The van der Waals surface area contributed by atoms with Crippen molar-refractivity contribution in [1.29, 1.82) is 0 Å². The van der Waals surface area contributed by atoms with E-state index < -0.39 is 54.4 Å². The summed E-state index contributed by atoms with van der Waals surface area (Å²) in [5.74, 6) is -9.17. The summed E-state index contributed by atoms with van der Waals surface area (Å²) in [5, 5.41) is 21.2. The molecule has 2 amide bonds. The van der Waals surface area contributed by atoms with Crippen LogP contribution >= 0.6 is 0 Å². The zero-order valence-electron chi connectivity index (χ0n) is 18.6. The summed E-state index contributed by atoms with van der Waals surface area (Å²) in [6, 6.07) is 14.2. The van der Waals surface area contributed by atoms with Crippen molar-refractivity contribution in [2.24, 2.45) is 11.8 Å². The number of nitrogens with one attached hydrogen (secondary N) is 1. The summed E-state index contributed by atoms with van der Waals surface area (Å²) in [6.45, 7) is -0.779. The molecule has 1 aliphatic heterocycles. The third-order valence-electron chi connectivity index (χ3n) is 7.13. The fraction of sp³-hybridized carbons (Fsp3) is 0.400. The van der Waals surface area contributed by atoms with Crippen molar-refractivity contribution in [2.75, 3.05) is 19.7 Å². The van der Waals surface area contributed by atoms with Crippen LogP contribution in [0.2, 0.25) is 0 Å². The molecule has 10 heteroatoms. The number of hydrogen-bond acceptors (Lipinski definition) is 5. The number of β-amino-alcohol motifs (C(OH)–C–C–N with tert-alkyl or cyclic N) is 1. The zero-order chi connectivity index (χ0) is 24.9. The summed E-state index contributed by atoms with van der Waals surface area (Å²) < 4.78 is 34.0. The smallest absolute Gasteiger partial charge is 0.407 e. The molecule has 0 aromatic heterocycles. The van der Waals surface area contributed by atoms with Crippen molar-refractivity contribution in [2.45, 2.75) is 30.4 Å². The molecule has 8 nitrogen and oxygen atoms in total. The van der Waals surface area contributed by atoms with E-state index in [-0.39, 0.29) is 25.5 Å². The lowest BCUT2D eigenvalue weighted by atomic mass is 9.98. The van der Waals surface area contributed by atoms with Crippen LogP contribution in [-0.4, -0.2) is 70.8 Å². The largest absolute Gasteiger partial charge is 0.480 e. The van der Waals surface area contributed by atoms with Crippen LogP contribution in [-0.2, 0) is 14.3 Å². The summed E-state index contributed by atoms with van der Waals surface area (Å²) in [5.41, 5.74) is 4.15. The van der Waals surface area contributed by atoms with E-state index in [0.29, 0.717) is 0 Å². The maximum atomic E-state index is 14.4. The Morgan fingerprint density at radius 1 is 1.06 bits per heavy atom. The third kappa shape index (κ3) is 4.01. The van der Waals surface area contributed by atoms with E-state index in [1.807, 2.05) is 48.5 Å². The number of alkyl carbamates (subject to hydrolysis) is 1. The first-order chi connectivity index (χ1) is 16.7. The van der Waals surface area contributed by atoms with Crippen molar-refractivity contribution in [3.05, 3.63) is 59.7 Å². The van der Waals surface area contributed by atoms with Crippen molar-refractivity contribution in [3.8, 4) is 11.1 Å². The number of benzene rings is 2. The maximum Gasteiger partial charge on any atom is 0.407 e. The number of carbonyl (C=O) groups is 3. The molecule has 3 aliphatic rings. The van der Waals surface area contributed by atoms with Crippen LogP contribution in [0.15, 0.2) is 48.5 Å². The molecule has 184 valence electrons. The Morgan fingerprint density at radius 3 is 2.26 bits per heavy atom. The maximum absolute atomic E-state index is 14.4. The van der Waals surface area contributed by atoms with Crippen molar-refractivity contribution in [1.82, 2.24) is 10.2 Å². The Morgan fingerprint density at radius 2 is 1.66 bits per heavy atom. The molecule has 0 spiro atoms. The molecule has 0 unspecified atom stereocenters. The van der Waals surface area contributed by atoms with E-state index in [0.717, 1.165) is 27.2 Å². The highest BCUT2D eigenvalue weighted by Gasteiger charge is 2.73. The number of aliphatic hydroxyl groups excluding tert-OH is 1. The predicted molar refractivity (Wildman–Crippen MR) is 119 cm³/mol. The Balaban J connectivity index is 1.18. The third-order valence-corrected chi connectivity index (χ3v) is 7.13. The monoisotopic (exact) mass is 486 g/mol. The van der Waals surface area contributed by atoms with Crippen molar-refractivity contribution < 1.29 is 38.1 Å². The van der Waals surface area contributed by atoms with Gasteiger partial charge in [-0.2, -0.15) is 0 Å². The minimum absolute atomic E-state index is 0.0231. The van der Waals surface area contributed by atoms with Crippen molar-refractivity contribution >= 4 is 18.0 Å². The highest BCUT2D eigenvalue weighted by atomic mass is 19.3. The first kappa shape index (κ1) is 23.2. The number of fused-ring (bicyclic) bond motifs is 3. The first-order valence-electron chi connectivity index (χ1n) is 11.4. The molecule has 2 fully saturated rings. The van der Waals surface area contributed by atoms with Gasteiger partial charge in [0.1, 0.15) is 18.6 Å². The van der Waals surface area contributed by atoms with Crippen LogP contribution < -0.4 is 5.32 Å². The molecular formula is C25H24F2N2O6. The van der Waals surface area contributed by atoms with Gasteiger partial charge in [-0.3, -0.25) is 4.79 Å². The number of ether oxygens (including phenoxy) is 1. The normalized spacial score (nSPS) is 26.1. The number of alkyl halides is 2. The van der Waals surface area contributed by atoms with Gasteiger partial charge in [-0.25, -0.2) is 18.4 Å². The first-order valence-corrected chi connectivity index (χ1v) is 11.4. The average molecular weight is 486 g/mol. The summed E-state index contributed by atoms with van der Waals surface area (Å²) >= 11 is 0. The fourth-order valence-corrected chi connectivity index (χ4v) is 5.29. The van der Waals surface area contributed by atoms with Gasteiger partial charge < -0.3 is 25.2 Å². The number of aliphatic carboxylic acids is 1. The minimum Gasteiger partial charge on any atom is -0.480 e. The van der Waals surface area contributed by atoms with Gasteiger partial charge in [-0.1, -0.05) is 48.5 Å². The van der Waals surface area contributed by atoms with Crippen LogP contribution in [0, 0.1) is 11.8 Å². The number of likely N-dealkylation sites (tertiary alicyclic amines) is 1. The Kier molecular flexibility index (Phi) is 5.71. The quantitative estimate of drug-likeness (QED) is 0.578. The Bertz CT molecular complexity index is 1140.